The number of nitrogens with two attached hydrogens (primary N) is 1. The second kappa shape index (κ2) is 9.39. The highest BCUT2D eigenvalue weighted by atomic mass is 32.2. The Balaban J connectivity index is 1.60. The summed E-state index contributed by atoms with van der Waals surface area (Å²) < 4.78 is 5.94. The Labute approximate surface area is 180 Å². The van der Waals surface area contributed by atoms with Crippen LogP contribution >= 0.6 is 11.8 Å². The van der Waals surface area contributed by atoms with Crippen molar-refractivity contribution in [3.63, 3.8) is 0 Å². The van der Waals surface area contributed by atoms with Gasteiger partial charge in [-0.2, -0.15) is 11.8 Å². The quantitative estimate of drug-likeness (QED) is 0.564. The van der Waals surface area contributed by atoms with Gasteiger partial charge in [-0.05, 0) is 24.5 Å². The average molecular weight is 423 g/mol. The zero-order chi connectivity index (χ0) is 20.9. The maximum absolute atomic E-state index is 13.2. The van der Waals surface area contributed by atoms with Crippen molar-refractivity contribution >= 4 is 34.5 Å². The number of carbonyl (C=O) groups excluding carboxylic acids is 2. The Hall–Kier alpha value is -2.73. The van der Waals surface area contributed by atoms with Gasteiger partial charge in [0.25, 0.3) is 5.91 Å². The van der Waals surface area contributed by atoms with Crippen LogP contribution in [0.25, 0.3) is 11.0 Å². The molecule has 1 fully saturated rings. The van der Waals surface area contributed by atoms with Crippen molar-refractivity contribution in [3.8, 4) is 0 Å². The number of amides is 2. The number of fused-ring (bicyclic) bond motifs is 1. The maximum Gasteiger partial charge on any atom is 0.288 e. The molecule has 0 bridgehead atoms. The van der Waals surface area contributed by atoms with Crippen LogP contribution in [0, 0.1) is 0 Å². The van der Waals surface area contributed by atoms with E-state index in [-0.39, 0.29) is 5.76 Å². The summed E-state index contributed by atoms with van der Waals surface area (Å²) in [5, 5.41) is 4.33. The molecule has 0 saturated heterocycles. The molecule has 0 radical (unpaired) electrons. The topological polar surface area (TPSA) is 85.3 Å². The fourth-order valence-electron chi connectivity index (χ4n) is 4.02. The van der Waals surface area contributed by atoms with E-state index in [4.69, 9.17) is 10.2 Å². The molecule has 1 aliphatic rings. The summed E-state index contributed by atoms with van der Waals surface area (Å²) >= 11 is 1.89. The van der Waals surface area contributed by atoms with Gasteiger partial charge < -0.3 is 15.5 Å². The standard InChI is InChI=1S/C24H26N2O3S/c25-23(27)21(16-9-3-1-4-10-16)26-24(28)22-19(15-30-17-11-5-2-6-12-17)18-13-7-8-14-20(18)29-22/h1,3-4,7-10,13-14,17,21H,2,5-6,11-12,15H2,(H2,25,27)(H,26,28). The number of rotatable bonds is 7. The summed E-state index contributed by atoms with van der Waals surface area (Å²) in [5.74, 6) is -0.0552. The SMILES string of the molecule is NC(=O)C(NC(=O)c1oc2ccccc2c1CSC1CCCCC1)c1ccccc1. The lowest BCUT2D eigenvalue weighted by Crippen LogP contribution is -2.37. The molecule has 1 unspecified atom stereocenters. The Morgan fingerprint density at radius 3 is 2.47 bits per heavy atom. The number of thioether (sulfide) groups is 1. The molecule has 4 rings (SSSR count). The molecule has 3 N–H and O–H groups in total. The normalized spacial score (nSPS) is 15.7. The van der Waals surface area contributed by atoms with Crippen molar-refractivity contribution in [1.29, 1.82) is 0 Å². The van der Waals surface area contributed by atoms with Gasteiger partial charge in [-0.1, -0.05) is 67.8 Å². The van der Waals surface area contributed by atoms with Crippen molar-refractivity contribution in [3.05, 3.63) is 71.5 Å². The second-order valence-corrected chi connectivity index (χ2v) is 8.99. The second-order valence-electron chi connectivity index (χ2n) is 7.70. The first-order valence-electron chi connectivity index (χ1n) is 10.4. The first kappa shape index (κ1) is 20.5. The number of carbonyl (C=O) groups is 2. The highest BCUT2D eigenvalue weighted by Gasteiger charge is 2.26. The summed E-state index contributed by atoms with van der Waals surface area (Å²) in [7, 11) is 0. The number of primary amides is 1. The van der Waals surface area contributed by atoms with Crippen LogP contribution < -0.4 is 11.1 Å². The predicted molar refractivity (Wildman–Crippen MR) is 120 cm³/mol. The van der Waals surface area contributed by atoms with Crippen LogP contribution in [-0.2, 0) is 10.5 Å². The molecule has 1 atom stereocenters. The first-order valence-corrected chi connectivity index (χ1v) is 11.5. The van der Waals surface area contributed by atoms with Crippen LogP contribution in [0.5, 0.6) is 0 Å². The van der Waals surface area contributed by atoms with E-state index in [0.717, 1.165) is 10.9 Å². The van der Waals surface area contributed by atoms with E-state index in [9.17, 15) is 9.59 Å². The maximum atomic E-state index is 13.2. The van der Waals surface area contributed by atoms with Crippen LogP contribution in [0.1, 0.15) is 59.8 Å². The van der Waals surface area contributed by atoms with Gasteiger partial charge in [-0.15, -0.1) is 0 Å². The lowest BCUT2D eigenvalue weighted by molar-refractivity contribution is -0.120. The summed E-state index contributed by atoms with van der Waals surface area (Å²) in [5.41, 5.74) is 7.78. The molecule has 30 heavy (non-hydrogen) atoms. The van der Waals surface area contributed by atoms with E-state index in [1.165, 1.54) is 32.1 Å². The fourth-order valence-corrected chi connectivity index (χ4v) is 5.37. The van der Waals surface area contributed by atoms with Gasteiger partial charge in [0.1, 0.15) is 11.6 Å². The molecule has 1 saturated carbocycles. The van der Waals surface area contributed by atoms with E-state index < -0.39 is 17.9 Å². The van der Waals surface area contributed by atoms with E-state index in [1.54, 1.807) is 12.1 Å². The molecule has 1 aromatic heterocycles. The molecular formula is C24H26N2O3S. The minimum Gasteiger partial charge on any atom is -0.451 e. The minimum atomic E-state index is -0.911. The van der Waals surface area contributed by atoms with Gasteiger partial charge in [0, 0.05) is 22.0 Å². The van der Waals surface area contributed by atoms with E-state index in [0.29, 0.717) is 22.1 Å². The number of hydrogen-bond donors (Lipinski definition) is 2. The third kappa shape index (κ3) is 4.54. The van der Waals surface area contributed by atoms with Gasteiger partial charge in [0.15, 0.2) is 5.76 Å². The summed E-state index contributed by atoms with van der Waals surface area (Å²) in [6.07, 6.45) is 6.30. The number of para-hydroxylation sites is 1. The lowest BCUT2D eigenvalue weighted by atomic mass is 10.0. The zero-order valence-corrected chi connectivity index (χ0v) is 17.6. The molecule has 1 heterocycles. The number of furan rings is 1. The summed E-state index contributed by atoms with van der Waals surface area (Å²) in [6, 6.07) is 15.8. The van der Waals surface area contributed by atoms with Crippen LogP contribution in [0.3, 0.4) is 0 Å². The fraction of sp³-hybridized carbons (Fsp3) is 0.333. The van der Waals surface area contributed by atoms with Crippen molar-refractivity contribution in [1.82, 2.24) is 5.32 Å². The molecule has 6 heteroatoms. The van der Waals surface area contributed by atoms with Crippen molar-refractivity contribution < 1.29 is 14.0 Å². The summed E-state index contributed by atoms with van der Waals surface area (Å²) in [4.78, 5) is 25.2. The number of benzene rings is 2. The summed E-state index contributed by atoms with van der Waals surface area (Å²) in [6.45, 7) is 0. The molecule has 2 aromatic carbocycles. The molecule has 0 spiro atoms. The smallest absolute Gasteiger partial charge is 0.288 e. The zero-order valence-electron chi connectivity index (χ0n) is 16.8. The number of hydrogen-bond acceptors (Lipinski definition) is 4. The van der Waals surface area contributed by atoms with Crippen molar-refractivity contribution in [2.75, 3.05) is 0 Å². The third-order valence-electron chi connectivity index (χ3n) is 5.61. The van der Waals surface area contributed by atoms with E-state index in [1.807, 2.05) is 54.2 Å². The van der Waals surface area contributed by atoms with E-state index in [2.05, 4.69) is 5.32 Å². The lowest BCUT2D eigenvalue weighted by Gasteiger charge is -2.21. The molecule has 1 aliphatic carbocycles. The van der Waals surface area contributed by atoms with Crippen LogP contribution in [0.4, 0.5) is 0 Å². The molecule has 2 amide bonds. The average Bonchev–Trinajstić information content (AvgIpc) is 3.16. The highest BCUT2D eigenvalue weighted by Crippen LogP contribution is 2.35. The molecule has 5 nitrogen and oxygen atoms in total. The molecule has 156 valence electrons. The minimum absolute atomic E-state index is 0.265. The number of nitrogens with one attached hydrogen (secondary N) is 1. The Bertz CT molecular complexity index is 1030. The Kier molecular flexibility index (Phi) is 6.43. The Morgan fingerprint density at radius 2 is 1.73 bits per heavy atom. The van der Waals surface area contributed by atoms with Gasteiger partial charge in [0.2, 0.25) is 5.91 Å². The van der Waals surface area contributed by atoms with Crippen molar-refractivity contribution in [2.45, 2.75) is 49.1 Å². The largest absolute Gasteiger partial charge is 0.451 e. The predicted octanol–water partition coefficient (Wildman–Crippen LogP) is 4.96. The first-order chi connectivity index (χ1) is 14.6. The Morgan fingerprint density at radius 1 is 1.03 bits per heavy atom. The van der Waals surface area contributed by atoms with E-state index >= 15 is 0 Å². The van der Waals surface area contributed by atoms with Crippen molar-refractivity contribution in [2.24, 2.45) is 5.73 Å². The molecular weight excluding hydrogens is 396 g/mol. The highest BCUT2D eigenvalue weighted by molar-refractivity contribution is 7.99. The van der Waals surface area contributed by atoms with Crippen LogP contribution in [0.15, 0.2) is 59.0 Å². The van der Waals surface area contributed by atoms with Gasteiger partial charge in [-0.25, -0.2) is 0 Å². The molecule has 3 aromatic rings. The molecule has 0 aliphatic heterocycles. The van der Waals surface area contributed by atoms with Gasteiger partial charge in [-0.3, -0.25) is 9.59 Å². The van der Waals surface area contributed by atoms with Gasteiger partial charge >= 0.3 is 0 Å². The van der Waals surface area contributed by atoms with Crippen LogP contribution in [-0.4, -0.2) is 17.1 Å². The monoisotopic (exact) mass is 422 g/mol. The van der Waals surface area contributed by atoms with Gasteiger partial charge in [0.05, 0.1) is 0 Å². The van der Waals surface area contributed by atoms with Crippen LogP contribution in [0.2, 0.25) is 0 Å². The third-order valence-corrected chi connectivity index (χ3v) is 7.01.